The van der Waals surface area contributed by atoms with Gasteiger partial charge in [0.15, 0.2) is 3.95 Å². The van der Waals surface area contributed by atoms with Crippen LogP contribution in [0, 0.1) is 3.95 Å². The molecular formula is C20H19ClN2O4S2. The second-order valence-corrected chi connectivity index (χ2v) is 8.49. The number of benzene rings is 2. The van der Waals surface area contributed by atoms with Gasteiger partial charge in [0.25, 0.3) is 0 Å². The van der Waals surface area contributed by atoms with Crippen LogP contribution in [0.4, 0.5) is 0 Å². The molecule has 6 nitrogen and oxygen atoms in total. The number of rotatable bonds is 7. The summed E-state index contributed by atoms with van der Waals surface area (Å²) in [6.07, 6.45) is 0.889. The van der Waals surface area contributed by atoms with E-state index >= 15 is 0 Å². The van der Waals surface area contributed by atoms with Crippen molar-refractivity contribution in [2.45, 2.75) is 18.9 Å². The molecule has 0 aliphatic carbocycles. The van der Waals surface area contributed by atoms with Crippen LogP contribution in [0.15, 0.2) is 42.5 Å². The topological polar surface area (TPSA) is 97.6 Å². The van der Waals surface area contributed by atoms with Gasteiger partial charge < -0.3 is 25.3 Å². The molecule has 1 heterocycles. The smallest absolute Gasteiger partial charge is 0.322 e. The zero-order valence-electron chi connectivity index (χ0n) is 15.5. The Hall–Kier alpha value is -2.39. The van der Waals surface area contributed by atoms with Crippen LogP contribution in [0.1, 0.15) is 16.0 Å². The summed E-state index contributed by atoms with van der Waals surface area (Å²) in [5, 5.41) is 10.3. The summed E-state index contributed by atoms with van der Waals surface area (Å²) in [5.74, 6) is 0.759. The fourth-order valence-corrected chi connectivity index (χ4v) is 4.10. The van der Waals surface area contributed by atoms with E-state index in [9.17, 15) is 9.90 Å². The number of nitrogens with one attached hydrogen (secondary N) is 1. The average molecular weight is 451 g/mol. The van der Waals surface area contributed by atoms with E-state index in [0.717, 1.165) is 16.0 Å². The number of aromatic hydroxyl groups is 1. The number of aromatic nitrogens is 1. The molecule has 152 valence electrons. The summed E-state index contributed by atoms with van der Waals surface area (Å²) in [6.45, 7) is 0. The predicted octanol–water partition coefficient (Wildman–Crippen LogP) is 4.59. The molecule has 0 bridgehead atoms. The number of aromatic amines is 1. The number of carbonyl (C=O) groups excluding carboxylic acids is 1. The maximum atomic E-state index is 11.4. The second kappa shape index (κ2) is 9.41. The highest BCUT2D eigenvalue weighted by Gasteiger charge is 2.14. The van der Waals surface area contributed by atoms with Crippen LogP contribution in [0.5, 0.6) is 17.4 Å². The van der Waals surface area contributed by atoms with Crippen LogP contribution >= 0.6 is 35.2 Å². The first-order valence-corrected chi connectivity index (χ1v) is 10.3. The number of thiazole rings is 1. The molecule has 29 heavy (non-hydrogen) atoms. The van der Waals surface area contributed by atoms with Gasteiger partial charge in [-0.05, 0) is 54.0 Å². The van der Waals surface area contributed by atoms with E-state index in [-0.39, 0.29) is 5.88 Å². The number of carbonyl (C=O) groups is 1. The third-order valence-corrected chi connectivity index (χ3v) is 5.69. The van der Waals surface area contributed by atoms with Gasteiger partial charge in [0.05, 0.1) is 17.0 Å². The largest absolute Gasteiger partial charge is 0.494 e. The lowest BCUT2D eigenvalue weighted by Gasteiger charge is -2.11. The number of halogens is 1. The van der Waals surface area contributed by atoms with Crippen LogP contribution in [-0.4, -0.2) is 29.2 Å². The standard InChI is InChI=1S/C20H19ClN2O4S2/c1-26-19(25)15(22)9-11-2-5-13(6-3-11)27-16-7-4-12(8-14(16)21)10-17-18(24)23-20(28)29-17/h2-8,15,24H,9-10,22H2,1H3,(H,23,28)/t15-/m0/s1. The predicted molar refractivity (Wildman–Crippen MR) is 116 cm³/mol. The van der Waals surface area contributed by atoms with Crippen molar-refractivity contribution in [3.8, 4) is 17.4 Å². The normalized spacial score (nSPS) is 11.8. The first kappa shape index (κ1) is 21.3. The molecule has 4 N–H and O–H groups in total. The van der Waals surface area contributed by atoms with E-state index < -0.39 is 12.0 Å². The van der Waals surface area contributed by atoms with E-state index in [1.54, 1.807) is 24.3 Å². The molecule has 0 saturated carbocycles. The van der Waals surface area contributed by atoms with Crippen LogP contribution in [0.3, 0.4) is 0 Å². The molecule has 0 spiro atoms. The number of hydrogen-bond donors (Lipinski definition) is 3. The first-order valence-electron chi connectivity index (χ1n) is 8.65. The lowest BCUT2D eigenvalue weighted by atomic mass is 10.1. The van der Waals surface area contributed by atoms with Gasteiger partial charge in [-0.15, -0.1) is 11.3 Å². The Morgan fingerprint density at radius 2 is 1.97 bits per heavy atom. The summed E-state index contributed by atoms with van der Waals surface area (Å²) in [4.78, 5) is 14.9. The summed E-state index contributed by atoms with van der Waals surface area (Å²) in [6, 6.07) is 12.0. The zero-order valence-corrected chi connectivity index (χ0v) is 17.9. The van der Waals surface area contributed by atoms with E-state index in [1.807, 2.05) is 18.2 Å². The minimum atomic E-state index is -0.703. The Labute approximate surface area is 181 Å². The second-order valence-electron chi connectivity index (χ2n) is 6.31. The molecule has 1 atom stereocenters. The van der Waals surface area contributed by atoms with Gasteiger partial charge in [0.1, 0.15) is 17.5 Å². The van der Waals surface area contributed by atoms with Crippen molar-refractivity contribution in [1.29, 1.82) is 0 Å². The van der Waals surface area contributed by atoms with Crippen LogP contribution in [0.25, 0.3) is 0 Å². The number of nitrogens with two attached hydrogens (primary N) is 1. The third-order valence-electron chi connectivity index (χ3n) is 4.17. The minimum absolute atomic E-state index is 0.0865. The number of esters is 1. The summed E-state index contributed by atoms with van der Waals surface area (Å²) < 4.78 is 11.0. The van der Waals surface area contributed by atoms with E-state index in [2.05, 4.69) is 9.72 Å². The van der Waals surface area contributed by atoms with Gasteiger partial charge >= 0.3 is 5.97 Å². The molecule has 0 saturated heterocycles. The van der Waals surface area contributed by atoms with Crippen molar-refractivity contribution in [1.82, 2.24) is 4.98 Å². The Morgan fingerprint density at radius 1 is 1.28 bits per heavy atom. The fourth-order valence-electron chi connectivity index (χ4n) is 2.70. The van der Waals surface area contributed by atoms with Crippen molar-refractivity contribution in [2.24, 2.45) is 5.73 Å². The average Bonchev–Trinajstić information content (AvgIpc) is 3.01. The van der Waals surface area contributed by atoms with Crippen molar-refractivity contribution >= 4 is 41.1 Å². The van der Waals surface area contributed by atoms with Gasteiger partial charge in [-0.3, -0.25) is 4.79 Å². The Bertz CT molecular complexity index is 1060. The quantitative estimate of drug-likeness (QED) is 0.359. The van der Waals surface area contributed by atoms with Crippen molar-refractivity contribution in [3.63, 3.8) is 0 Å². The summed E-state index contributed by atoms with van der Waals surface area (Å²) in [5.41, 5.74) is 7.60. The molecule has 0 aliphatic heterocycles. The lowest BCUT2D eigenvalue weighted by molar-refractivity contribution is -0.142. The summed E-state index contributed by atoms with van der Waals surface area (Å²) in [7, 11) is 1.31. The number of ether oxygens (including phenoxy) is 2. The van der Waals surface area contributed by atoms with E-state index in [4.69, 9.17) is 34.3 Å². The number of methoxy groups -OCH3 is 1. The molecule has 3 rings (SSSR count). The maximum Gasteiger partial charge on any atom is 0.322 e. The highest BCUT2D eigenvalue weighted by molar-refractivity contribution is 7.73. The SMILES string of the molecule is COC(=O)[C@@H](N)Cc1ccc(Oc2ccc(Cc3sc(=S)[nH]c3O)cc2Cl)cc1. The highest BCUT2D eigenvalue weighted by atomic mass is 35.5. The minimum Gasteiger partial charge on any atom is -0.494 e. The Balaban J connectivity index is 1.66. The molecule has 2 aromatic carbocycles. The van der Waals surface area contributed by atoms with Crippen LogP contribution in [0.2, 0.25) is 5.02 Å². The number of hydrogen-bond acceptors (Lipinski definition) is 7. The molecule has 0 amide bonds. The van der Waals surface area contributed by atoms with Gasteiger partial charge in [0, 0.05) is 6.42 Å². The van der Waals surface area contributed by atoms with Crippen LogP contribution < -0.4 is 10.5 Å². The lowest BCUT2D eigenvalue weighted by Crippen LogP contribution is -2.33. The highest BCUT2D eigenvalue weighted by Crippen LogP contribution is 2.32. The zero-order chi connectivity index (χ0) is 21.0. The van der Waals surface area contributed by atoms with Gasteiger partial charge in [0.2, 0.25) is 5.88 Å². The summed E-state index contributed by atoms with van der Waals surface area (Å²) >= 11 is 12.7. The van der Waals surface area contributed by atoms with E-state index in [0.29, 0.717) is 33.3 Å². The Kier molecular flexibility index (Phi) is 6.92. The number of H-pyrrole nitrogens is 1. The monoisotopic (exact) mass is 450 g/mol. The van der Waals surface area contributed by atoms with Crippen molar-refractivity contribution in [3.05, 3.63) is 67.4 Å². The van der Waals surface area contributed by atoms with Crippen LogP contribution in [-0.2, 0) is 22.4 Å². The van der Waals surface area contributed by atoms with E-state index in [1.165, 1.54) is 18.4 Å². The molecule has 1 aromatic heterocycles. The third kappa shape index (κ3) is 5.57. The first-order chi connectivity index (χ1) is 13.9. The van der Waals surface area contributed by atoms with Crippen molar-refractivity contribution < 1.29 is 19.4 Å². The maximum absolute atomic E-state index is 11.4. The Morgan fingerprint density at radius 3 is 2.55 bits per heavy atom. The molecule has 0 radical (unpaired) electrons. The fraction of sp³-hybridized carbons (Fsp3) is 0.200. The molecule has 0 aliphatic rings. The van der Waals surface area contributed by atoms with Gasteiger partial charge in [-0.2, -0.15) is 0 Å². The molecule has 0 fully saturated rings. The molecular weight excluding hydrogens is 432 g/mol. The van der Waals surface area contributed by atoms with Gasteiger partial charge in [-0.25, -0.2) is 0 Å². The molecule has 0 unspecified atom stereocenters. The molecule has 9 heteroatoms. The van der Waals surface area contributed by atoms with Gasteiger partial charge in [-0.1, -0.05) is 29.8 Å². The van der Waals surface area contributed by atoms with Crippen molar-refractivity contribution in [2.75, 3.05) is 7.11 Å². The molecule has 3 aromatic rings.